The first-order valence-electron chi connectivity index (χ1n) is 8.80. The van der Waals surface area contributed by atoms with Crippen LogP contribution in [0.4, 0.5) is 5.69 Å². The molecule has 1 aliphatic rings. The zero-order valence-electron chi connectivity index (χ0n) is 14.8. The van der Waals surface area contributed by atoms with E-state index in [0.29, 0.717) is 4.88 Å². The van der Waals surface area contributed by atoms with Crippen LogP contribution in [-0.4, -0.2) is 18.4 Å². The molecular formula is C20H24N2O2S. The van der Waals surface area contributed by atoms with Crippen LogP contribution in [-0.2, 0) is 17.6 Å². The number of fused-ring (bicyclic) bond motifs is 1. The number of nitrogens with one attached hydrogen (secondary N) is 2. The minimum Gasteiger partial charge on any atom is -0.342 e. The van der Waals surface area contributed by atoms with E-state index in [4.69, 9.17) is 0 Å². The SMILES string of the molecule is Cc1cccc(C)c1NC(=O)CNC(=O)c1cc2c(s1)CCCCC2. The van der Waals surface area contributed by atoms with Gasteiger partial charge in [-0.3, -0.25) is 9.59 Å². The zero-order valence-corrected chi connectivity index (χ0v) is 15.6. The summed E-state index contributed by atoms with van der Waals surface area (Å²) < 4.78 is 0. The summed E-state index contributed by atoms with van der Waals surface area (Å²) in [7, 11) is 0. The summed E-state index contributed by atoms with van der Waals surface area (Å²) >= 11 is 1.57. The lowest BCUT2D eigenvalue weighted by atomic mass is 10.1. The van der Waals surface area contributed by atoms with Crippen molar-refractivity contribution in [2.75, 3.05) is 11.9 Å². The van der Waals surface area contributed by atoms with Gasteiger partial charge in [0.1, 0.15) is 0 Å². The number of para-hydroxylation sites is 1. The highest BCUT2D eigenvalue weighted by Crippen LogP contribution is 2.28. The summed E-state index contributed by atoms with van der Waals surface area (Å²) in [4.78, 5) is 26.6. The Labute approximate surface area is 152 Å². The number of hydrogen-bond acceptors (Lipinski definition) is 3. The molecule has 1 aromatic heterocycles. The Morgan fingerprint density at radius 1 is 1.08 bits per heavy atom. The molecule has 4 nitrogen and oxygen atoms in total. The number of carbonyl (C=O) groups excluding carboxylic acids is 2. The number of anilines is 1. The van der Waals surface area contributed by atoms with E-state index >= 15 is 0 Å². The molecule has 0 fully saturated rings. The quantitative estimate of drug-likeness (QED) is 0.814. The first-order chi connectivity index (χ1) is 12.0. The summed E-state index contributed by atoms with van der Waals surface area (Å²) in [6.07, 6.45) is 5.80. The van der Waals surface area contributed by atoms with Crippen molar-refractivity contribution >= 4 is 28.8 Å². The smallest absolute Gasteiger partial charge is 0.261 e. The van der Waals surface area contributed by atoms with Crippen molar-refractivity contribution in [1.29, 1.82) is 0 Å². The molecule has 0 aliphatic heterocycles. The van der Waals surface area contributed by atoms with E-state index in [1.807, 2.05) is 38.1 Å². The van der Waals surface area contributed by atoms with Gasteiger partial charge in [0.15, 0.2) is 0 Å². The number of carbonyl (C=O) groups is 2. The average molecular weight is 356 g/mol. The average Bonchev–Trinajstić information content (AvgIpc) is 2.87. The number of thiophene rings is 1. The number of hydrogen-bond donors (Lipinski definition) is 2. The maximum atomic E-state index is 12.4. The second-order valence-corrected chi connectivity index (χ2v) is 7.75. The number of amides is 2. The van der Waals surface area contributed by atoms with E-state index in [9.17, 15) is 9.59 Å². The molecule has 1 heterocycles. The van der Waals surface area contributed by atoms with Gasteiger partial charge in [-0.15, -0.1) is 11.3 Å². The Balaban J connectivity index is 1.58. The van der Waals surface area contributed by atoms with Gasteiger partial charge in [-0.25, -0.2) is 0 Å². The van der Waals surface area contributed by atoms with Crippen molar-refractivity contribution < 1.29 is 9.59 Å². The van der Waals surface area contributed by atoms with Gasteiger partial charge in [-0.2, -0.15) is 0 Å². The molecule has 0 saturated heterocycles. The highest BCUT2D eigenvalue weighted by molar-refractivity contribution is 7.14. The Bertz CT molecular complexity index is 751. The molecule has 5 heteroatoms. The predicted octanol–water partition coefficient (Wildman–Crippen LogP) is 4.00. The molecule has 25 heavy (non-hydrogen) atoms. The third kappa shape index (κ3) is 4.28. The molecule has 2 N–H and O–H groups in total. The fourth-order valence-electron chi connectivity index (χ4n) is 3.22. The van der Waals surface area contributed by atoms with Gasteiger partial charge in [0.2, 0.25) is 5.91 Å². The zero-order chi connectivity index (χ0) is 17.8. The van der Waals surface area contributed by atoms with Crippen molar-refractivity contribution in [2.24, 2.45) is 0 Å². The highest BCUT2D eigenvalue weighted by atomic mass is 32.1. The van der Waals surface area contributed by atoms with E-state index in [2.05, 4.69) is 10.6 Å². The Morgan fingerprint density at radius 3 is 2.56 bits per heavy atom. The van der Waals surface area contributed by atoms with Crippen molar-refractivity contribution in [1.82, 2.24) is 5.32 Å². The summed E-state index contributed by atoms with van der Waals surface area (Å²) in [5.74, 6) is -0.362. The van der Waals surface area contributed by atoms with Gasteiger partial charge in [-0.05, 0) is 62.3 Å². The van der Waals surface area contributed by atoms with Crippen LogP contribution in [0.25, 0.3) is 0 Å². The van der Waals surface area contributed by atoms with Crippen LogP contribution in [0.5, 0.6) is 0 Å². The van der Waals surface area contributed by atoms with Gasteiger partial charge in [-0.1, -0.05) is 24.6 Å². The van der Waals surface area contributed by atoms with E-state index in [-0.39, 0.29) is 18.4 Å². The first kappa shape index (κ1) is 17.7. The Morgan fingerprint density at radius 2 is 1.80 bits per heavy atom. The maximum absolute atomic E-state index is 12.4. The molecule has 1 aliphatic carbocycles. The lowest BCUT2D eigenvalue weighted by molar-refractivity contribution is -0.115. The second kappa shape index (κ2) is 7.83. The van der Waals surface area contributed by atoms with Gasteiger partial charge in [0, 0.05) is 10.6 Å². The fraction of sp³-hybridized carbons (Fsp3) is 0.400. The van der Waals surface area contributed by atoms with Crippen LogP contribution in [0.15, 0.2) is 24.3 Å². The minimum absolute atomic E-state index is 0.0187. The van der Waals surface area contributed by atoms with E-state index in [1.165, 1.54) is 29.7 Å². The first-order valence-corrected chi connectivity index (χ1v) is 9.62. The second-order valence-electron chi connectivity index (χ2n) is 6.62. The molecule has 0 spiro atoms. The molecule has 2 aromatic rings. The fourth-order valence-corrected chi connectivity index (χ4v) is 4.39. The Hall–Kier alpha value is -2.14. The molecule has 1 aromatic carbocycles. The van der Waals surface area contributed by atoms with Gasteiger partial charge in [0.25, 0.3) is 5.91 Å². The number of aryl methyl sites for hydroxylation is 4. The van der Waals surface area contributed by atoms with Gasteiger partial charge in [0.05, 0.1) is 11.4 Å². The van der Waals surface area contributed by atoms with Crippen molar-refractivity contribution in [3.05, 3.63) is 50.7 Å². The molecule has 3 rings (SSSR count). The van der Waals surface area contributed by atoms with Crippen LogP contribution in [0.1, 0.15) is 50.5 Å². The lowest BCUT2D eigenvalue weighted by Gasteiger charge is -2.11. The van der Waals surface area contributed by atoms with E-state index in [1.54, 1.807) is 11.3 Å². The summed E-state index contributed by atoms with van der Waals surface area (Å²) in [5.41, 5.74) is 4.17. The highest BCUT2D eigenvalue weighted by Gasteiger charge is 2.17. The molecule has 0 atom stereocenters. The van der Waals surface area contributed by atoms with Crippen LogP contribution < -0.4 is 10.6 Å². The minimum atomic E-state index is -0.205. The molecular weight excluding hydrogens is 332 g/mol. The van der Waals surface area contributed by atoms with Crippen LogP contribution in [0, 0.1) is 13.8 Å². The molecule has 0 unspecified atom stereocenters. The topological polar surface area (TPSA) is 58.2 Å². The largest absolute Gasteiger partial charge is 0.342 e. The standard InChI is InChI=1S/C20H24N2O2S/c1-13-7-6-8-14(2)19(13)22-18(23)12-21-20(24)17-11-15-9-4-3-5-10-16(15)25-17/h6-8,11H,3-5,9-10,12H2,1-2H3,(H,21,24)(H,22,23). The van der Waals surface area contributed by atoms with Crippen LogP contribution >= 0.6 is 11.3 Å². The van der Waals surface area contributed by atoms with Gasteiger partial charge < -0.3 is 10.6 Å². The number of rotatable bonds is 4. The monoisotopic (exact) mass is 356 g/mol. The lowest BCUT2D eigenvalue weighted by Crippen LogP contribution is -2.32. The van der Waals surface area contributed by atoms with Crippen LogP contribution in [0.3, 0.4) is 0 Å². The summed E-state index contributed by atoms with van der Waals surface area (Å²) in [6, 6.07) is 7.88. The number of benzene rings is 1. The summed E-state index contributed by atoms with van der Waals surface area (Å²) in [5, 5.41) is 5.63. The molecule has 0 saturated carbocycles. The normalized spacial score (nSPS) is 13.7. The third-order valence-corrected chi connectivity index (χ3v) is 5.86. The van der Waals surface area contributed by atoms with Crippen molar-refractivity contribution in [2.45, 2.75) is 46.0 Å². The van der Waals surface area contributed by atoms with Crippen LogP contribution in [0.2, 0.25) is 0 Å². The Kier molecular flexibility index (Phi) is 5.53. The molecule has 2 amide bonds. The maximum Gasteiger partial charge on any atom is 0.261 e. The van der Waals surface area contributed by atoms with E-state index < -0.39 is 0 Å². The van der Waals surface area contributed by atoms with Gasteiger partial charge >= 0.3 is 0 Å². The predicted molar refractivity (Wildman–Crippen MR) is 102 cm³/mol. The van der Waals surface area contributed by atoms with Crippen molar-refractivity contribution in [3.8, 4) is 0 Å². The van der Waals surface area contributed by atoms with Crippen molar-refractivity contribution in [3.63, 3.8) is 0 Å². The van der Waals surface area contributed by atoms with E-state index in [0.717, 1.165) is 29.7 Å². The molecule has 0 bridgehead atoms. The summed E-state index contributed by atoms with van der Waals surface area (Å²) in [6.45, 7) is 3.90. The molecule has 132 valence electrons. The molecule has 0 radical (unpaired) electrons. The third-order valence-electron chi connectivity index (χ3n) is 4.63.